The third kappa shape index (κ3) is 4.89. The Labute approximate surface area is 219 Å². The molecule has 1 aromatic carbocycles. The number of carbonyl (C=O) groups is 2. The number of aliphatic carboxylic acids is 1. The van der Waals surface area contributed by atoms with Crippen molar-refractivity contribution in [2.24, 2.45) is 0 Å². The average Bonchev–Trinajstić information content (AvgIpc) is 3.51. The summed E-state index contributed by atoms with van der Waals surface area (Å²) >= 11 is 1.11. The van der Waals surface area contributed by atoms with Gasteiger partial charge in [0.25, 0.3) is 5.56 Å². The average molecular weight is 545 g/mol. The number of carboxylic acids is 1. The quantitative estimate of drug-likeness (QED) is 0.322. The number of aromatic nitrogens is 4. The van der Waals surface area contributed by atoms with Crippen LogP contribution in [-0.4, -0.2) is 49.5 Å². The van der Waals surface area contributed by atoms with Crippen LogP contribution in [-0.2, 0) is 20.9 Å². The molecule has 1 unspecified atom stereocenters. The number of ketones is 1. The van der Waals surface area contributed by atoms with E-state index in [9.17, 15) is 28.7 Å². The SMILES string of the molecule is COc1ccc(F)cc1[C@H](Cn1c(=O)n(C(C)C(=O)O)c(=O)c2c(C)c(-n3cccn3)sc21)OCC(C)=O. The molecule has 0 spiro atoms. The van der Waals surface area contributed by atoms with Gasteiger partial charge in [0.1, 0.15) is 40.2 Å². The van der Waals surface area contributed by atoms with Crippen molar-refractivity contribution < 1.29 is 28.6 Å². The summed E-state index contributed by atoms with van der Waals surface area (Å²) in [7, 11) is 1.39. The number of rotatable bonds is 10. The minimum absolute atomic E-state index is 0.143. The lowest BCUT2D eigenvalue weighted by molar-refractivity contribution is -0.140. The summed E-state index contributed by atoms with van der Waals surface area (Å²) in [5.74, 6) is -2.00. The number of methoxy groups -OCH3 is 1. The number of Topliss-reactive ketones (excluding diaryl/α,β-unsaturated/α-hetero) is 1. The molecule has 3 heterocycles. The van der Waals surface area contributed by atoms with Crippen LogP contribution in [0.5, 0.6) is 5.75 Å². The van der Waals surface area contributed by atoms with E-state index >= 15 is 0 Å². The van der Waals surface area contributed by atoms with Gasteiger partial charge in [-0.15, -0.1) is 0 Å². The third-order valence-electron chi connectivity index (χ3n) is 6.05. The largest absolute Gasteiger partial charge is 0.496 e. The minimum atomic E-state index is -1.47. The van der Waals surface area contributed by atoms with E-state index in [0.29, 0.717) is 15.1 Å². The second-order valence-corrected chi connectivity index (χ2v) is 9.61. The zero-order valence-corrected chi connectivity index (χ0v) is 21.8. The molecule has 4 aromatic rings. The van der Waals surface area contributed by atoms with Gasteiger partial charge in [-0.05, 0) is 45.0 Å². The zero-order valence-electron chi connectivity index (χ0n) is 21.0. The standard InChI is InChI=1S/C25H25FN4O7S/c1-13(31)12-37-19(17-10-16(26)6-7-18(17)36-4)11-28-23-20(14(2)22(38-23)29-9-5-8-27-29)21(32)30(25(28)35)15(3)24(33)34/h5-10,15,19H,11-12H2,1-4H3,(H,33,34)/t15?,19-/m0/s1. The Morgan fingerprint density at radius 3 is 2.61 bits per heavy atom. The van der Waals surface area contributed by atoms with Crippen LogP contribution in [0.25, 0.3) is 15.2 Å². The number of carboxylic acid groups (broad SMARTS) is 1. The Hall–Kier alpha value is -4.10. The molecule has 0 saturated carbocycles. The Bertz CT molecular complexity index is 1640. The molecule has 0 aliphatic heterocycles. The summed E-state index contributed by atoms with van der Waals surface area (Å²) in [5.41, 5.74) is -0.910. The maximum absolute atomic E-state index is 14.3. The Kier molecular flexibility index (Phi) is 7.60. The highest BCUT2D eigenvalue weighted by Crippen LogP contribution is 2.34. The topological polar surface area (TPSA) is 135 Å². The van der Waals surface area contributed by atoms with E-state index < -0.39 is 35.2 Å². The van der Waals surface area contributed by atoms with Gasteiger partial charge in [-0.25, -0.2) is 23.2 Å². The summed E-state index contributed by atoms with van der Waals surface area (Å²) in [6.45, 7) is 3.62. The smallest absolute Gasteiger partial charge is 0.333 e. The number of halogens is 1. The normalized spacial score (nSPS) is 13.0. The van der Waals surface area contributed by atoms with Gasteiger partial charge < -0.3 is 14.6 Å². The molecule has 1 N–H and O–H groups in total. The number of carbonyl (C=O) groups excluding carboxylic acids is 1. The first-order valence-corrected chi connectivity index (χ1v) is 12.3. The van der Waals surface area contributed by atoms with Crippen LogP contribution >= 0.6 is 11.3 Å². The van der Waals surface area contributed by atoms with Crippen LogP contribution in [0.1, 0.15) is 37.1 Å². The molecule has 11 nitrogen and oxygen atoms in total. The molecule has 0 aliphatic rings. The predicted molar refractivity (Wildman–Crippen MR) is 137 cm³/mol. The van der Waals surface area contributed by atoms with Gasteiger partial charge in [-0.2, -0.15) is 5.10 Å². The molecule has 0 radical (unpaired) electrons. The number of benzene rings is 1. The maximum atomic E-state index is 14.3. The fourth-order valence-electron chi connectivity index (χ4n) is 4.15. The number of fused-ring (bicyclic) bond motifs is 1. The fraction of sp³-hybridized carbons (Fsp3) is 0.320. The van der Waals surface area contributed by atoms with Crippen molar-refractivity contribution in [1.82, 2.24) is 18.9 Å². The first kappa shape index (κ1) is 26.9. The van der Waals surface area contributed by atoms with E-state index in [1.54, 1.807) is 30.1 Å². The molecule has 0 fully saturated rings. The summed E-state index contributed by atoms with van der Waals surface area (Å²) in [6, 6.07) is 3.99. The molecular formula is C25H25FN4O7S. The van der Waals surface area contributed by atoms with Crippen LogP contribution in [0.2, 0.25) is 0 Å². The molecule has 0 saturated heterocycles. The number of hydrogen-bond donors (Lipinski definition) is 1. The van der Waals surface area contributed by atoms with E-state index in [1.807, 2.05) is 0 Å². The summed E-state index contributed by atoms with van der Waals surface area (Å²) in [4.78, 5) is 51.0. The fourth-order valence-corrected chi connectivity index (χ4v) is 5.40. The summed E-state index contributed by atoms with van der Waals surface area (Å²) < 4.78 is 28.9. The van der Waals surface area contributed by atoms with Crippen molar-refractivity contribution in [2.45, 2.75) is 39.5 Å². The number of hydrogen-bond acceptors (Lipinski definition) is 8. The molecule has 38 heavy (non-hydrogen) atoms. The third-order valence-corrected chi connectivity index (χ3v) is 7.35. The molecule has 0 amide bonds. The van der Waals surface area contributed by atoms with Gasteiger partial charge in [-0.1, -0.05) is 11.3 Å². The molecule has 200 valence electrons. The lowest BCUT2D eigenvalue weighted by Gasteiger charge is -2.22. The van der Waals surface area contributed by atoms with Crippen LogP contribution in [0.3, 0.4) is 0 Å². The van der Waals surface area contributed by atoms with E-state index in [-0.39, 0.29) is 40.5 Å². The van der Waals surface area contributed by atoms with Crippen LogP contribution in [0.4, 0.5) is 4.39 Å². The highest BCUT2D eigenvalue weighted by Gasteiger charge is 2.28. The molecule has 0 bridgehead atoms. The van der Waals surface area contributed by atoms with Gasteiger partial charge in [-0.3, -0.25) is 14.2 Å². The van der Waals surface area contributed by atoms with Crippen molar-refractivity contribution in [1.29, 1.82) is 0 Å². The highest BCUT2D eigenvalue weighted by atomic mass is 32.1. The van der Waals surface area contributed by atoms with Crippen LogP contribution in [0, 0.1) is 12.7 Å². The van der Waals surface area contributed by atoms with Crippen LogP contribution in [0.15, 0.2) is 46.2 Å². The Morgan fingerprint density at radius 2 is 2.00 bits per heavy atom. The van der Waals surface area contributed by atoms with Gasteiger partial charge in [0.2, 0.25) is 0 Å². The first-order valence-electron chi connectivity index (χ1n) is 11.5. The van der Waals surface area contributed by atoms with Gasteiger partial charge >= 0.3 is 11.7 Å². The first-order chi connectivity index (χ1) is 18.0. The van der Waals surface area contributed by atoms with E-state index in [0.717, 1.165) is 11.3 Å². The highest BCUT2D eigenvalue weighted by molar-refractivity contribution is 7.21. The van der Waals surface area contributed by atoms with Crippen molar-refractivity contribution >= 4 is 33.3 Å². The molecule has 4 rings (SSSR count). The summed E-state index contributed by atoms with van der Waals surface area (Å²) in [6.07, 6.45) is 2.17. The molecule has 2 atom stereocenters. The zero-order chi connectivity index (χ0) is 27.7. The lowest BCUT2D eigenvalue weighted by atomic mass is 10.1. The van der Waals surface area contributed by atoms with Gasteiger partial charge in [0.05, 0.1) is 19.0 Å². The van der Waals surface area contributed by atoms with Crippen molar-refractivity contribution in [3.8, 4) is 10.8 Å². The molecule has 13 heteroatoms. The number of thiophene rings is 1. The van der Waals surface area contributed by atoms with Gasteiger partial charge in [0, 0.05) is 23.5 Å². The van der Waals surface area contributed by atoms with Crippen LogP contribution < -0.4 is 16.0 Å². The molecule has 3 aromatic heterocycles. The lowest BCUT2D eigenvalue weighted by Crippen LogP contribution is -2.44. The van der Waals surface area contributed by atoms with Crippen molar-refractivity contribution in [2.75, 3.05) is 13.7 Å². The Balaban J connectivity index is 2.01. The summed E-state index contributed by atoms with van der Waals surface area (Å²) in [5, 5.41) is 14.6. The van der Waals surface area contributed by atoms with E-state index in [4.69, 9.17) is 9.47 Å². The maximum Gasteiger partial charge on any atom is 0.333 e. The number of ether oxygens (including phenoxy) is 2. The number of nitrogens with zero attached hydrogens (tertiary/aromatic N) is 4. The van der Waals surface area contributed by atoms with Gasteiger partial charge in [0.15, 0.2) is 5.78 Å². The van der Waals surface area contributed by atoms with E-state index in [1.165, 1.54) is 43.7 Å². The number of aryl methyl sites for hydroxylation is 1. The van der Waals surface area contributed by atoms with Crippen molar-refractivity contribution in [3.63, 3.8) is 0 Å². The second kappa shape index (κ2) is 10.7. The van der Waals surface area contributed by atoms with E-state index in [2.05, 4.69) is 5.10 Å². The van der Waals surface area contributed by atoms with Crippen molar-refractivity contribution in [3.05, 3.63) is 74.4 Å². The molecule has 0 aliphatic carbocycles. The predicted octanol–water partition coefficient (Wildman–Crippen LogP) is 2.86. The monoisotopic (exact) mass is 544 g/mol. The molecular weight excluding hydrogens is 519 g/mol. The Morgan fingerprint density at radius 1 is 1.26 bits per heavy atom. The second-order valence-electron chi connectivity index (χ2n) is 8.63. The minimum Gasteiger partial charge on any atom is -0.496 e.